The van der Waals surface area contributed by atoms with Crippen molar-refractivity contribution in [2.24, 2.45) is 10.7 Å². The lowest BCUT2D eigenvalue weighted by Crippen LogP contribution is -2.27. The van der Waals surface area contributed by atoms with Crippen LogP contribution < -0.4 is 15.8 Å². The molecular weight excluding hydrogens is 528 g/mol. The number of guanidine groups is 1. The maximum atomic E-state index is 13.4. The van der Waals surface area contributed by atoms with Gasteiger partial charge in [0.2, 0.25) is 0 Å². The fraction of sp³-hybridized carbons (Fsp3) is 0.333. The first-order chi connectivity index (χ1) is 19.4. The molecule has 0 radical (unpaired) electrons. The van der Waals surface area contributed by atoms with E-state index in [4.69, 9.17) is 19.9 Å². The van der Waals surface area contributed by atoms with Crippen molar-refractivity contribution in [1.29, 1.82) is 0 Å². The lowest BCUT2D eigenvalue weighted by molar-refractivity contribution is -0.143. The molecule has 0 aliphatic heterocycles. The number of hydrogen-bond donors (Lipinski definition) is 3. The zero-order valence-corrected chi connectivity index (χ0v) is 24.0. The summed E-state index contributed by atoms with van der Waals surface area (Å²) in [5.41, 5.74) is 9.49. The molecule has 40 heavy (non-hydrogen) atoms. The summed E-state index contributed by atoms with van der Waals surface area (Å²) in [5, 5.41) is 3.10. The summed E-state index contributed by atoms with van der Waals surface area (Å²) in [5.74, 6) is -0.109. The largest absolute Gasteiger partial charge is 0.466 e. The van der Waals surface area contributed by atoms with Gasteiger partial charge in [0.1, 0.15) is 11.0 Å². The van der Waals surface area contributed by atoms with Gasteiger partial charge in [-0.25, -0.2) is 13.9 Å². The number of aliphatic imine (C=N–C) groups is 1. The number of nitrogens with two attached hydrogens (primary N) is 1. The number of carbonyl (C=O) groups excluding carboxylic acids is 1. The van der Waals surface area contributed by atoms with Gasteiger partial charge in [-0.2, -0.15) is 0 Å². The average molecular weight is 567 g/mol. The van der Waals surface area contributed by atoms with Crippen molar-refractivity contribution in [2.75, 3.05) is 31.7 Å². The van der Waals surface area contributed by atoms with Gasteiger partial charge in [-0.15, -0.1) is 0 Å². The highest BCUT2D eigenvalue weighted by Crippen LogP contribution is 2.26. The summed E-state index contributed by atoms with van der Waals surface area (Å²) in [6.07, 6.45) is -0.381. The molecule has 4 N–H and O–H groups in total. The highest BCUT2D eigenvalue weighted by Gasteiger charge is 2.20. The number of carbonyl (C=O) groups is 1. The van der Waals surface area contributed by atoms with Gasteiger partial charge < -0.3 is 25.3 Å². The van der Waals surface area contributed by atoms with Crippen molar-refractivity contribution >= 4 is 28.6 Å². The molecule has 0 amide bonds. The first-order valence-corrected chi connectivity index (χ1v) is 14.5. The Balaban J connectivity index is 1.73. The van der Waals surface area contributed by atoms with Crippen molar-refractivity contribution in [3.8, 4) is 11.1 Å². The number of nitrogens with zero attached hydrogens (tertiary/aromatic N) is 1. The third-order valence-electron chi connectivity index (χ3n) is 5.76. The summed E-state index contributed by atoms with van der Waals surface area (Å²) >= 11 is 0. The van der Waals surface area contributed by atoms with E-state index in [-0.39, 0.29) is 31.5 Å². The molecule has 214 valence electrons. The van der Waals surface area contributed by atoms with Crippen LogP contribution in [0.3, 0.4) is 0 Å². The number of anilines is 1. The Morgan fingerprint density at radius 3 is 2.25 bits per heavy atom. The van der Waals surface area contributed by atoms with Crippen molar-refractivity contribution in [3.63, 3.8) is 0 Å². The number of ether oxygens (including phenoxy) is 3. The van der Waals surface area contributed by atoms with E-state index in [1.807, 2.05) is 86.6 Å². The molecule has 3 aromatic rings. The second kappa shape index (κ2) is 16.5. The topological polar surface area (TPSA) is 124 Å². The average Bonchev–Trinajstić information content (AvgIpc) is 2.96. The summed E-state index contributed by atoms with van der Waals surface area (Å²) in [6, 6.07) is 24.1. The molecule has 2 atom stereocenters. The Kier molecular flexibility index (Phi) is 12.8. The van der Waals surface area contributed by atoms with Crippen molar-refractivity contribution < 1.29 is 23.2 Å². The normalized spacial score (nSPS) is 13.2. The summed E-state index contributed by atoms with van der Waals surface area (Å²) in [6.45, 7) is 7.17. The number of nitrogens with one attached hydrogen (secondary N) is 2. The quantitative estimate of drug-likeness (QED) is 0.105. The van der Waals surface area contributed by atoms with Crippen molar-refractivity contribution in [1.82, 2.24) is 4.72 Å². The molecule has 0 saturated heterocycles. The van der Waals surface area contributed by atoms with E-state index >= 15 is 0 Å². The minimum Gasteiger partial charge on any atom is -0.466 e. The number of benzene rings is 3. The van der Waals surface area contributed by atoms with Crippen LogP contribution in [0.2, 0.25) is 0 Å². The maximum Gasteiger partial charge on any atom is 0.307 e. The van der Waals surface area contributed by atoms with Gasteiger partial charge in [0.15, 0.2) is 12.2 Å². The monoisotopic (exact) mass is 566 g/mol. The minimum absolute atomic E-state index is 0.0653. The van der Waals surface area contributed by atoms with Crippen LogP contribution in [-0.2, 0) is 30.0 Å². The van der Waals surface area contributed by atoms with Crippen LogP contribution in [0.1, 0.15) is 38.8 Å². The van der Waals surface area contributed by atoms with Gasteiger partial charge in [0.05, 0.1) is 30.5 Å². The Labute approximate surface area is 238 Å². The molecule has 3 aromatic carbocycles. The molecule has 0 spiro atoms. The molecule has 2 unspecified atom stereocenters. The molecule has 0 heterocycles. The molecule has 0 saturated carbocycles. The van der Waals surface area contributed by atoms with E-state index in [9.17, 15) is 9.00 Å². The van der Waals surface area contributed by atoms with Gasteiger partial charge in [-0.3, -0.25) is 4.79 Å². The van der Waals surface area contributed by atoms with Crippen LogP contribution >= 0.6 is 0 Å². The smallest absolute Gasteiger partial charge is 0.307 e. The highest BCUT2D eigenvalue weighted by molar-refractivity contribution is 7.83. The molecular formula is C30H38N4O5S. The van der Waals surface area contributed by atoms with Crippen LogP contribution in [-0.4, -0.2) is 48.8 Å². The third-order valence-corrected chi connectivity index (χ3v) is 6.94. The lowest BCUT2D eigenvalue weighted by Gasteiger charge is -2.18. The van der Waals surface area contributed by atoms with Gasteiger partial charge in [0.25, 0.3) is 0 Å². The van der Waals surface area contributed by atoms with Gasteiger partial charge in [-0.1, -0.05) is 54.6 Å². The molecule has 0 aliphatic carbocycles. The van der Waals surface area contributed by atoms with Crippen LogP contribution in [0.5, 0.6) is 0 Å². The van der Waals surface area contributed by atoms with Gasteiger partial charge in [0, 0.05) is 18.9 Å². The van der Waals surface area contributed by atoms with Crippen LogP contribution in [0.4, 0.5) is 5.69 Å². The van der Waals surface area contributed by atoms with E-state index in [0.29, 0.717) is 18.1 Å². The van der Waals surface area contributed by atoms with E-state index in [2.05, 4.69) is 15.0 Å². The molecule has 0 fully saturated rings. The Bertz CT molecular complexity index is 1270. The van der Waals surface area contributed by atoms with Gasteiger partial charge >= 0.3 is 5.97 Å². The first-order valence-electron chi connectivity index (χ1n) is 13.3. The standard InChI is InChI=1S/C30H38N4O5S/c1-4-37-28(35)20-27(22-12-8-7-9-13-22)34-40(36)26-17-11-15-24(19-26)23-14-10-16-25(18-23)33-30(31)32-21-29(38-5-2)39-6-3/h7-19,27,29,34H,4-6,20-21H2,1-3H3,(H3,31,32,33). The summed E-state index contributed by atoms with van der Waals surface area (Å²) in [7, 11) is -1.58. The Morgan fingerprint density at radius 2 is 1.57 bits per heavy atom. The molecule has 10 heteroatoms. The van der Waals surface area contributed by atoms with Gasteiger partial charge in [-0.05, 0) is 61.7 Å². The van der Waals surface area contributed by atoms with E-state index < -0.39 is 23.3 Å². The van der Waals surface area contributed by atoms with E-state index in [0.717, 1.165) is 22.4 Å². The van der Waals surface area contributed by atoms with Crippen LogP contribution in [0.15, 0.2) is 88.8 Å². The first kappa shape index (κ1) is 31.0. The molecule has 3 rings (SSSR count). The molecule has 0 aliphatic rings. The van der Waals surface area contributed by atoms with E-state index in [1.54, 1.807) is 13.0 Å². The molecule has 0 bridgehead atoms. The zero-order valence-electron chi connectivity index (χ0n) is 23.2. The fourth-order valence-corrected chi connectivity index (χ4v) is 5.00. The number of hydrogen-bond acceptors (Lipinski definition) is 6. The van der Waals surface area contributed by atoms with Crippen molar-refractivity contribution in [3.05, 3.63) is 84.4 Å². The fourth-order valence-electron chi connectivity index (χ4n) is 3.95. The second-order valence-corrected chi connectivity index (χ2v) is 9.90. The number of esters is 1. The predicted octanol–water partition coefficient (Wildman–Crippen LogP) is 4.79. The SMILES string of the molecule is CCOC(=O)CC(NS(=O)c1cccc(-c2cccc(NC(N)=NCC(OCC)OCC)c2)c1)c1ccccc1. The van der Waals surface area contributed by atoms with Crippen LogP contribution in [0, 0.1) is 0 Å². The zero-order chi connectivity index (χ0) is 28.7. The minimum atomic E-state index is -1.58. The lowest BCUT2D eigenvalue weighted by atomic mass is 10.1. The third kappa shape index (κ3) is 9.87. The predicted molar refractivity (Wildman–Crippen MR) is 159 cm³/mol. The van der Waals surface area contributed by atoms with Crippen molar-refractivity contribution in [2.45, 2.75) is 44.4 Å². The summed E-state index contributed by atoms with van der Waals surface area (Å²) in [4.78, 5) is 17.1. The Hall–Kier alpha value is -3.57. The maximum absolute atomic E-state index is 13.4. The van der Waals surface area contributed by atoms with E-state index in [1.165, 1.54) is 0 Å². The summed E-state index contributed by atoms with van der Waals surface area (Å²) < 4.78 is 32.6. The molecule has 9 nitrogen and oxygen atoms in total. The Morgan fingerprint density at radius 1 is 0.900 bits per heavy atom. The van der Waals surface area contributed by atoms with Crippen LogP contribution in [0.25, 0.3) is 11.1 Å². The highest BCUT2D eigenvalue weighted by atomic mass is 32.2. The number of rotatable bonds is 15. The second-order valence-electron chi connectivity index (χ2n) is 8.66. The molecule has 0 aromatic heterocycles.